The van der Waals surface area contributed by atoms with Crippen LogP contribution in [0.15, 0.2) is 54.7 Å². The third-order valence-electron chi connectivity index (χ3n) is 4.84. The van der Waals surface area contributed by atoms with Gasteiger partial charge in [-0.25, -0.2) is 0 Å². The van der Waals surface area contributed by atoms with Gasteiger partial charge in [0.1, 0.15) is 5.75 Å². The van der Waals surface area contributed by atoms with E-state index in [0.29, 0.717) is 6.04 Å². The molecular weight excluding hydrogens is 284 g/mol. The van der Waals surface area contributed by atoms with Gasteiger partial charge >= 0.3 is 0 Å². The summed E-state index contributed by atoms with van der Waals surface area (Å²) in [6.45, 7) is 2.33. The SMILES string of the molecule is COc1ccc2[nH]cc(C(c3ccccc3)N3CCCC3)c2c1. The van der Waals surface area contributed by atoms with Crippen molar-refractivity contribution in [1.29, 1.82) is 0 Å². The highest BCUT2D eigenvalue weighted by atomic mass is 16.5. The molecule has 2 aromatic carbocycles. The Labute approximate surface area is 136 Å². The zero-order valence-electron chi connectivity index (χ0n) is 13.5. The van der Waals surface area contributed by atoms with Crippen LogP contribution in [-0.2, 0) is 0 Å². The van der Waals surface area contributed by atoms with Crippen LogP contribution < -0.4 is 4.74 Å². The number of H-pyrrole nitrogens is 1. The lowest BCUT2D eigenvalue weighted by molar-refractivity contribution is 0.282. The van der Waals surface area contributed by atoms with Crippen molar-refractivity contribution < 1.29 is 4.74 Å². The number of aromatic amines is 1. The number of nitrogens with zero attached hydrogens (tertiary/aromatic N) is 1. The summed E-state index contributed by atoms with van der Waals surface area (Å²) in [5.74, 6) is 0.909. The number of methoxy groups -OCH3 is 1. The maximum atomic E-state index is 5.43. The molecule has 1 aliphatic heterocycles. The van der Waals surface area contributed by atoms with Gasteiger partial charge < -0.3 is 9.72 Å². The van der Waals surface area contributed by atoms with Gasteiger partial charge in [0, 0.05) is 17.1 Å². The molecule has 4 rings (SSSR count). The summed E-state index contributed by atoms with van der Waals surface area (Å²) >= 11 is 0. The van der Waals surface area contributed by atoms with E-state index in [1.807, 2.05) is 6.07 Å². The van der Waals surface area contributed by atoms with Crippen LogP contribution in [0.25, 0.3) is 10.9 Å². The summed E-state index contributed by atoms with van der Waals surface area (Å²) in [6.07, 6.45) is 4.74. The molecule has 0 bridgehead atoms. The van der Waals surface area contributed by atoms with Crippen molar-refractivity contribution in [3.05, 3.63) is 65.9 Å². The second kappa shape index (κ2) is 6.09. The zero-order valence-corrected chi connectivity index (χ0v) is 13.5. The molecule has 23 heavy (non-hydrogen) atoms. The highest BCUT2D eigenvalue weighted by Crippen LogP contribution is 2.36. The topological polar surface area (TPSA) is 28.3 Å². The zero-order chi connectivity index (χ0) is 15.6. The molecule has 1 aromatic heterocycles. The molecule has 1 saturated heterocycles. The van der Waals surface area contributed by atoms with Crippen LogP contribution in [0.4, 0.5) is 0 Å². The van der Waals surface area contributed by atoms with Crippen LogP contribution in [0, 0.1) is 0 Å². The largest absolute Gasteiger partial charge is 0.497 e. The van der Waals surface area contributed by atoms with Gasteiger partial charge in [0.25, 0.3) is 0 Å². The molecule has 0 spiro atoms. The third kappa shape index (κ3) is 2.62. The predicted octanol–water partition coefficient (Wildman–Crippen LogP) is 4.36. The normalized spacial score (nSPS) is 16.7. The predicted molar refractivity (Wildman–Crippen MR) is 93.9 cm³/mol. The maximum absolute atomic E-state index is 5.43. The average Bonchev–Trinajstić information content (AvgIpc) is 3.26. The fourth-order valence-electron chi connectivity index (χ4n) is 3.70. The van der Waals surface area contributed by atoms with E-state index in [-0.39, 0.29) is 0 Å². The molecule has 118 valence electrons. The molecule has 3 nitrogen and oxygen atoms in total. The Kier molecular flexibility index (Phi) is 3.80. The molecule has 1 atom stereocenters. The number of ether oxygens (including phenoxy) is 1. The van der Waals surface area contributed by atoms with E-state index in [9.17, 15) is 0 Å². The Morgan fingerprint density at radius 1 is 1.04 bits per heavy atom. The Morgan fingerprint density at radius 3 is 2.57 bits per heavy atom. The first-order chi connectivity index (χ1) is 11.4. The minimum atomic E-state index is 0.305. The molecule has 0 aliphatic carbocycles. The van der Waals surface area contributed by atoms with Crippen molar-refractivity contribution >= 4 is 10.9 Å². The van der Waals surface area contributed by atoms with Crippen LogP contribution in [0.1, 0.15) is 30.0 Å². The van der Waals surface area contributed by atoms with Crippen molar-refractivity contribution in [2.45, 2.75) is 18.9 Å². The summed E-state index contributed by atoms with van der Waals surface area (Å²) in [7, 11) is 1.72. The molecule has 1 N–H and O–H groups in total. The highest BCUT2D eigenvalue weighted by molar-refractivity contribution is 5.85. The Bertz CT molecular complexity index is 788. The van der Waals surface area contributed by atoms with Crippen LogP contribution in [-0.4, -0.2) is 30.1 Å². The van der Waals surface area contributed by atoms with Gasteiger partial charge in [0.15, 0.2) is 0 Å². The first-order valence-corrected chi connectivity index (χ1v) is 8.31. The molecule has 0 saturated carbocycles. The number of nitrogens with one attached hydrogen (secondary N) is 1. The number of hydrogen-bond acceptors (Lipinski definition) is 2. The molecule has 0 radical (unpaired) electrons. The number of aromatic nitrogens is 1. The molecule has 2 heterocycles. The minimum absolute atomic E-state index is 0.305. The van der Waals surface area contributed by atoms with Crippen molar-refractivity contribution in [2.24, 2.45) is 0 Å². The fraction of sp³-hybridized carbons (Fsp3) is 0.300. The first kappa shape index (κ1) is 14.3. The smallest absolute Gasteiger partial charge is 0.119 e. The monoisotopic (exact) mass is 306 g/mol. The van der Waals surface area contributed by atoms with Gasteiger partial charge in [-0.15, -0.1) is 0 Å². The van der Waals surface area contributed by atoms with Gasteiger partial charge in [0.05, 0.1) is 13.2 Å². The third-order valence-corrected chi connectivity index (χ3v) is 4.84. The van der Waals surface area contributed by atoms with Crippen molar-refractivity contribution in [3.63, 3.8) is 0 Å². The minimum Gasteiger partial charge on any atom is -0.497 e. The molecule has 3 aromatic rings. The second-order valence-electron chi connectivity index (χ2n) is 6.21. The van der Waals surface area contributed by atoms with Crippen LogP contribution in [0.3, 0.4) is 0 Å². The van der Waals surface area contributed by atoms with Gasteiger partial charge in [-0.05, 0) is 55.3 Å². The maximum Gasteiger partial charge on any atom is 0.119 e. The Morgan fingerprint density at radius 2 is 1.83 bits per heavy atom. The van der Waals surface area contributed by atoms with Gasteiger partial charge in [-0.1, -0.05) is 30.3 Å². The van der Waals surface area contributed by atoms with Crippen LogP contribution >= 0.6 is 0 Å². The standard InChI is InChI=1S/C20H22N2O/c1-23-16-9-10-19-17(13-16)18(14-21-19)20(22-11-5-6-12-22)15-7-3-2-4-8-15/h2-4,7-10,13-14,20-21H,5-6,11-12H2,1H3. The lowest BCUT2D eigenvalue weighted by Crippen LogP contribution is -2.26. The van der Waals surface area contributed by atoms with E-state index in [0.717, 1.165) is 18.8 Å². The molecular formula is C20H22N2O. The lowest BCUT2D eigenvalue weighted by atomic mass is 9.97. The number of benzene rings is 2. The number of hydrogen-bond donors (Lipinski definition) is 1. The second-order valence-corrected chi connectivity index (χ2v) is 6.21. The van der Waals surface area contributed by atoms with Crippen molar-refractivity contribution in [1.82, 2.24) is 9.88 Å². The Balaban J connectivity index is 1.86. The van der Waals surface area contributed by atoms with E-state index < -0.39 is 0 Å². The highest BCUT2D eigenvalue weighted by Gasteiger charge is 2.27. The quantitative estimate of drug-likeness (QED) is 0.775. The van der Waals surface area contributed by atoms with E-state index >= 15 is 0 Å². The number of rotatable bonds is 4. The summed E-state index contributed by atoms with van der Waals surface area (Å²) in [5.41, 5.74) is 3.87. The molecule has 1 unspecified atom stereocenters. The number of fused-ring (bicyclic) bond motifs is 1. The van der Waals surface area contributed by atoms with Gasteiger partial charge in [-0.3, -0.25) is 4.90 Å². The van der Waals surface area contributed by atoms with Gasteiger partial charge in [-0.2, -0.15) is 0 Å². The van der Waals surface area contributed by atoms with Crippen molar-refractivity contribution in [2.75, 3.05) is 20.2 Å². The van der Waals surface area contributed by atoms with E-state index in [1.165, 1.54) is 34.9 Å². The summed E-state index contributed by atoms with van der Waals surface area (Å²) in [6, 6.07) is 17.4. The molecule has 1 fully saturated rings. The van der Waals surface area contributed by atoms with E-state index in [2.05, 4.69) is 58.5 Å². The van der Waals surface area contributed by atoms with Gasteiger partial charge in [0.2, 0.25) is 0 Å². The molecule has 1 aliphatic rings. The summed E-state index contributed by atoms with van der Waals surface area (Å²) in [5, 5.41) is 1.25. The fourth-order valence-corrected chi connectivity index (χ4v) is 3.70. The number of likely N-dealkylation sites (tertiary alicyclic amines) is 1. The average molecular weight is 306 g/mol. The Hall–Kier alpha value is -2.26. The summed E-state index contributed by atoms with van der Waals surface area (Å²) < 4.78 is 5.43. The molecule has 0 amide bonds. The summed E-state index contributed by atoms with van der Waals surface area (Å²) in [4.78, 5) is 6.03. The van der Waals surface area contributed by atoms with E-state index in [1.54, 1.807) is 7.11 Å². The van der Waals surface area contributed by atoms with Crippen LogP contribution in [0.2, 0.25) is 0 Å². The van der Waals surface area contributed by atoms with Crippen molar-refractivity contribution in [3.8, 4) is 5.75 Å². The molecule has 3 heteroatoms. The lowest BCUT2D eigenvalue weighted by Gasteiger charge is -2.28. The van der Waals surface area contributed by atoms with Crippen LogP contribution in [0.5, 0.6) is 5.75 Å². The van der Waals surface area contributed by atoms with E-state index in [4.69, 9.17) is 4.74 Å². The first-order valence-electron chi connectivity index (χ1n) is 8.31.